The van der Waals surface area contributed by atoms with Gasteiger partial charge in [-0.1, -0.05) is 113 Å². The molecule has 4 nitrogen and oxygen atoms in total. The molecule has 2 aromatic heterocycles. The largest absolute Gasteiger partial charge is 0.507 e. The van der Waals surface area contributed by atoms with E-state index in [-0.39, 0.29) is 5.75 Å². The van der Waals surface area contributed by atoms with Crippen LogP contribution in [0.5, 0.6) is 5.75 Å². The van der Waals surface area contributed by atoms with E-state index in [1.54, 1.807) is 6.07 Å². The van der Waals surface area contributed by atoms with Crippen LogP contribution in [0, 0.1) is 0 Å². The molecule has 44 heavy (non-hydrogen) atoms. The summed E-state index contributed by atoms with van der Waals surface area (Å²) < 4.78 is 2.27. The van der Waals surface area contributed by atoms with Crippen LogP contribution < -0.4 is 0 Å². The lowest BCUT2D eigenvalue weighted by atomic mass is 9.92. The van der Waals surface area contributed by atoms with Crippen LogP contribution >= 0.6 is 0 Å². The highest BCUT2D eigenvalue weighted by Crippen LogP contribution is 2.41. The highest BCUT2D eigenvalue weighted by molar-refractivity contribution is 5.99. The number of fused-ring (bicyclic) bond motifs is 2. The van der Waals surface area contributed by atoms with Crippen LogP contribution in [0.4, 0.5) is 0 Å². The number of para-hydroxylation sites is 3. The Hall–Kier alpha value is -5.22. The van der Waals surface area contributed by atoms with Gasteiger partial charge in [-0.3, -0.25) is 9.55 Å². The first kappa shape index (κ1) is 27.6. The molecule has 0 radical (unpaired) electrons. The van der Waals surface area contributed by atoms with Crippen molar-refractivity contribution in [3.63, 3.8) is 0 Å². The van der Waals surface area contributed by atoms with Crippen molar-refractivity contribution >= 4 is 21.8 Å². The number of nitrogens with zero attached hydrogens (tertiary/aromatic N) is 3. The molecule has 0 aliphatic heterocycles. The minimum absolute atomic E-state index is 0.211. The van der Waals surface area contributed by atoms with Crippen LogP contribution in [0.1, 0.15) is 50.7 Å². The van der Waals surface area contributed by atoms with E-state index < -0.39 is 0 Å². The van der Waals surface area contributed by atoms with E-state index in [1.165, 1.54) is 16.5 Å². The number of phenols is 1. The molecule has 0 aliphatic carbocycles. The monoisotopic (exact) mass is 573 g/mol. The van der Waals surface area contributed by atoms with Gasteiger partial charge in [0, 0.05) is 22.7 Å². The van der Waals surface area contributed by atoms with Gasteiger partial charge in [-0.15, -0.1) is 0 Å². The van der Waals surface area contributed by atoms with Crippen molar-refractivity contribution in [1.29, 1.82) is 0 Å². The number of benzene rings is 5. The van der Waals surface area contributed by atoms with Crippen LogP contribution in [0.25, 0.3) is 61.3 Å². The average Bonchev–Trinajstić information content (AvgIpc) is 3.43. The summed E-state index contributed by atoms with van der Waals surface area (Å²) in [5.41, 5.74) is 10.4. The molecule has 0 saturated carbocycles. The Morgan fingerprint density at radius 1 is 0.636 bits per heavy atom. The van der Waals surface area contributed by atoms with Crippen LogP contribution in [0.15, 0.2) is 121 Å². The Balaban J connectivity index is 1.52. The standard InChI is InChI=1S/C40H35N3O/c1-25(2)30-17-10-18-31(26(3)4)39(30)43-35-20-11-19-33(38(35)42-40(43)34-16-7-8-21-36(34)44)28-13-9-14-29(24-28)37-32-15-6-5-12-27(32)22-23-41-37/h5-26,44H,1-4H3. The molecule has 7 aromatic rings. The average molecular weight is 574 g/mol. The normalized spacial score (nSPS) is 11.7. The maximum atomic E-state index is 11.1. The molecular weight excluding hydrogens is 538 g/mol. The fourth-order valence-corrected chi connectivity index (χ4v) is 6.36. The van der Waals surface area contributed by atoms with E-state index in [2.05, 4.69) is 123 Å². The molecule has 0 fully saturated rings. The third-order valence-corrected chi connectivity index (χ3v) is 8.52. The highest BCUT2D eigenvalue weighted by atomic mass is 16.3. The second-order valence-electron chi connectivity index (χ2n) is 12.0. The van der Waals surface area contributed by atoms with Crippen molar-refractivity contribution in [1.82, 2.24) is 14.5 Å². The number of aromatic hydroxyl groups is 1. The van der Waals surface area contributed by atoms with Gasteiger partial charge in [0.1, 0.15) is 11.6 Å². The first-order valence-corrected chi connectivity index (χ1v) is 15.3. The number of rotatable bonds is 6. The number of phenolic OH excluding ortho intramolecular Hbond substituents is 1. The van der Waals surface area contributed by atoms with Crippen molar-refractivity contribution in [2.75, 3.05) is 0 Å². The summed E-state index contributed by atoms with van der Waals surface area (Å²) in [5.74, 6) is 1.54. The molecule has 7 rings (SSSR count). The minimum Gasteiger partial charge on any atom is -0.507 e. The molecular formula is C40H35N3O. The summed E-state index contributed by atoms with van der Waals surface area (Å²) in [7, 11) is 0. The van der Waals surface area contributed by atoms with Gasteiger partial charge in [0.05, 0.1) is 28.0 Å². The van der Waals surface area contributed by atoms with Gasteiger partial charge in [-0.05, 0) is 64.2 Å². The quantitative estimate of drug-likeness (QED) is 0.215. The molecule has 0 atom stereocenters. The Kier molecular flexibility index (Phi) is 6.98. The topological polar surface area (TPSA) is 50.9 Å². The predicted octanol–water partition coefficient (Wildman–Crippen LogP) is 10.5. The maximum absolute atomic E-state index is 11.1. The van der Waals surface area contributed by atoms with Gasteiger partial charge < -0.3 is 5.11 Å². The lowest BCUT2D eigenvalue weighted by Gasteiger charge is -2.22. The zero-order valence-electron chi connectivity index (χ0n) is 25.5. The van der Waals surface area contributed by atoms with Crippen molar-refractivity contribution in [3.05, 3.63) is 133 Å². The van der Waals surface area contributed by atoms with E-state index in [4.69, 9.17) is 9.97 Å². The lowest BCUT2D eigenvalue weighted by molar-refractivity contribution is 0.477. The summed E-state index contributed by atoms with van der Waals surface area (Å²) in [4.78, 5) is 10.1. The van der Waals surface area contributed by atoms with Gasteiger partial charge in [0.15, 0.2) is 0 Å². The summed E-state index contributed by atoms with van der Waals surface area (Å²) in [6, 6.07) is 39.5. The maximum Gasteiger partial charge on any atom is 0.149 e. The first-order chi connectivity index (χ1) is 21.4. The third kappa shape index (κ3) is 4.64. The molecule has 0 saturated heterocycles. The highest BCUT2D eigenvalue weighted by Gasteiger charge is 2.24. The smallest absolute Gasteiger partial charge is 0.149 e. The van der Waals surface area contributed by atoms with Crippen LogP contribution in [0.3, 0.4) is 0 Å². The van der Waals surface area contributed by atoms with Crippen LogP contribution in [0.2, 0.25) is 0 Å². The van der Waals surface area contributed by atoms with Crippen LogP contribution in [-0.2, 0) is 0 Å². The molecule has 0 aliphatic rings. The van der Waals surface area contributed by atoms with E-state index in [1.807, 2.05) is 24.4 Å². The van der Waals surface area contributed by atoms with E-state index in [0.717, 1.165) is 50.3 Å². The van der Waals surface area contributed by atoms with Crippen molar-refractivity contribution in [2.45, 2.75) is 39.5 Å². The van der Waals surface area contributed by atoms with E-state index in [0.29, 0.717) is 17.4 Å². The van der Waals surface area contributed by atoms with Gasteiger partial charge in [0.2, 0.25) is 0 Å². The summed E-state index contributed by atoms with van der Waals surface area (Å²) >= 11 is 0. The SMILES string of the molecule is CC(C)c1cccc(C(C)C)c1-n1c(-c2ccccc2O)nc2c(-c3cccc(-c4nccc5ccccc45)c3)cccc21. The predicted molar refractivity (Wildman–Crippen MR) is 183 cm³/mol. The second-order valence-corrected chi connectivity index (χ2v) is 12.0. The lowest BCUT2D eigenvalue weighted by Crippen LogP contribution is -2.08. The molecule has 0 unspecified atom stereocenters. The fraction of sp³-hybridized carbons (Fsp3) is 0.150. The van der Waals surface area contributed by atoms with E-state index in [9.17, 15) is 5.11 Å². The third-order valence-electron chi connectivity index (χ3n) is 8.52. The Bertz CT molecular complexity index is 2120. The van der Waals surface area contributed by atoms with Crippen molar-refractivity contribution in [3.8, 4) is 45.2 Å². The summed E-state index contributed by atoms with van der Waals surface area (Å²) in [6.45, 7) is 8.94. The Labute approximate surface area is 258 Å². The van der Waals surface area contributed by atoms with Crippen molar-refractivity contribution < 1.29 is 5.11 Å². The Morgan fingerprint density at radius 2 is 1.30 bits per heavy atom. The van der Waals surface area contributed by atoms with Gasteiger partial charge >= 0.3 is 0 Å². The number of aromatic nitrogens is 3. The zero-order chi connectivity index (χ0) is 30.4. The second kappa shape index (κ2) is 11.1. The molecule has 216 valence electrons. The van der Waals surface area contributed by atoms with Gasteiger partial charge in [0.25, 0.3) is 0 Å². The molecule has 1 N–H and O–H groups in total. The van der Waals surface area contributed by atoms with E-state index >= 15 is 0 Å². The van der Waals surface area contributed by atoms with Gasteiger partial charge in [-0.2, -0.15) is 0 Å². The summed E-state index contributed by atoms with van der Waals surface area (Å²) in [5, 5.41) is 13.4. The Morgan fingerprint density at radius 3 is 2.07 bits per heavy atom. The fourth-order valence-electron chi connectivity index (χ4n) is 6.36. The number of hydrogen-bond acceptors (Lipinski definition) is 3. The van der Waals surface area contributed by atoms with Gasteiger partial charge in [-0.25, -0.2) is 4.98 Å². The van der Waals surface area contributed by atoms with Crippen LogP contribution in [-0.4, -0.2) is 19.6 Å². The first-order valence-electron chi connectivity index (χ1n) is 15.3. The molecule has 0 amide bonds. The van der Waals surface area contributed by atoms with Crippen molar-refractivity contribution in [2.24, 2.45) is 0 Å². The molecule has 2 heterocycles. The number of hydrogen-bond donors (Lipinski definition) is 1. The molecule has 0 bridgehead atoms. The molecule has 0 spiro atoms. The number of imidazole rings is 1. The minimum atomic E-state index is 0.211. The number of pyridine rings is 1. The summed E-state index contributed by atoms with van der Waals surface area (Å²) in [6.07, 6.45) is 1.88. The zero-order valence-corrected chi connectivity index (χ0v) is 25.5. The molecule has 5 aromatic carbocycles. The molecule has 4 heteroatoms.